The number of rotatable bonds is 5. The molecule has 4 heterocycles. The van der Waals surface area contributed by atoms with Crippen LogP contribution >= 0.6 is 0 Å². The van der Waals surface area contributed by atoms with E-state index in [1.54, 1.807) is 19.3 Å². The summed E-state index contributed by atoms with van der Waals surface area (Å²) in [7, 11) is 0. The van der Waals surface area contributed by atoms with Gasteiger partial charge in [0.05, 0.1) is 18.4 Å². The topological polar surface area (TPSA) is 86.8 Å². The van der Waals surface area contributed by atoms with Gasteiger partial charge in [-0.2, -0.15) is 0 Å². The number of hydrogen-bond donors (Lipinski definition) is 2. The number of fused-ring (bicyclic) bond motifs is 1. The third kappa shape index (κ3) is 3.36. The van der Waals surface area contributed by atoms with Crippen LogP contribution in [0.15, 0.2) is 36.8 Å². The number of Topliss-reactive ketones (excluding diaryl/α,β-unsaturated/α-hetero) is 1. The molecule has 7 heteroatoms. The van der Waals surface area contributed by atoms with E-state index in [-0.39, 0.29) is 11.8 Å². The van der Waals surface area contributed by atoms with E-state index in [0.717, 1.165) is 47.7 Å². The molecule has 1 fully saturated rings. The van der Waals surface area contributed by atoms with Crippen LogP contribution in [-0.4, -0.2) is 56.3 Å². The largest absolute Gasteiger partial charge is 0.365 e. The lowest BCUT2D eigenvalue weighted by Gasteiger charge is -2.17. The van der Waals surface area contributed by atoms with Crippen molar-refractivity contribution in [1.82, 2.24) is 24.8 Å². The van der Waals surface area contributed by atoms with E-state index in [1.165, 1.54) is 0 Å². The van der Waals surface area contributed by atoms with Crippen LogP contribution in [0.2, 0.25) is 0 Å². The molecule has 1 aliphatic heterocycles. The fourth-order valence-corrected chi connectivity index (χ4v) is 3.29. The minimum absolute atomic E-state index is 0.203. The average molecular weight is 336 g/mol. The van der Waals surface area contributed by atoms with Crippen LogP contribution in [0.5, 0.6) is 0 Å². The van der Waals surface area contributed by atoms with E-state index in [1.807, 2.05) is 24.4 Å². The molecule has 2 N–H and O–H groups in total. The fourth-order valence-electron chi connectivity index (χ4n) is 3.29. The monoisotopic (exact) mass is 336 g/mol. The number of carbonyl (C=O) groups excluding carboxylic acids is 1. The number of pyridine rings is 1. The molecule has 25 heavy (non-hydrogen) atoms. The highest BCUT2D eigenvalue weighted by molar-refractivity contribution is 5.78. The van der Waals surface area contributed by atoms with E-state index in [9.17, 15) is 4.79 Å². The van der Waals surface area contributed by atoms with Gasteiger partial charge in [-0.15, -0.1) is 0 Å². The Balaban J connectivity index is 1.56. The first-order valence-electron chi connectivity index (χ1n) is 8.43. The number of aromatic amines is 1. The fraction of sp³-hybridized carbons (Fsp3) is 0.333. The van der Waals surface area contributed by atoms with Gasteiger partial charge >= 0.3 is 0 Å². The molecule has 3 aromatic heterocycles. The standard InChI is InChI=1S/C18H20N6O/c1-12(25)10-24-8-5-13(11-24)22-17-14(3-2-6-19-17)16-9-21-18-15(23-16)4-7-20-18/h2-4,6-7,9,13H,5,8,10-11H2,1H3,(H,19,22)(H,20,21)/t13-/m0/s1. The predicted octanol–water partition coefficient (Wildman–Crippen LogP) is 2.10. The Kier molecular flexibility index (Phi) is 4.15. The number of aromatic nitrogens is 4. The zero-order valence-corrected chi connectivity index (χ0v) is 14.1. The molecule has 0 aromatic carbocycles. The number of hydrogen-bond acceptors (Lipinski definition) is 6. The average Bonchev–Trinajstić information content (AvgIpc) is 3.23. The first kappa shape index (κ1) is 15.7. The molecule has 0 radical (unpaired) electrons. The summed E-state index contributed by atoms with van der Waals surface area (Å²) in [5, 5.41) is 3.51. The smallest absolute Gasteiger partial charge is 0.156 e. The summed E-state index contributed by atoms with van der Waals surface area (Å²) in [6.07, 6.45) is 6.36. The zero-order chi connectivity index (χ0) is 17.2. The zero-order valence-electron chi connectivity index (χ0n) is 14.1. The normalized spacial score (nSPS) is 17.9. The van der Waals surface area contributed by atoms with Crippen LogP contribution in [-0.2, 0) is 4.79 Å². The van der Waals surface area contributed by atoms with Gasteiger partial charge in [-0.25, -0.2) is 15.0 Å². The quantitative estimate of drug-likeness (QED) is 0.742. The van der Waals surface area contributed by atoms with Crippen molar-refractivity contribution >= 4 is 22.8 Å². The number of likely N-dealkylation sites (tertiary alicyclic amines) is 1. The Hall–Kier alpha value is -2.80. The molecule has 7 nitrogen and oxygen atoms in total. The SMILES string of the molecule is CC(=O)CN1CC[C@H](Nc2ncccc2-c2cnc3[nH]ccc3n2)C1. The Morgan fingerprint density at radius 1 is 1.40 bits per heavy atom. The van der Waals surface area contributed by atoms with Gasteiger partial charge in [0.1, 0.15) is 17.1 Å². The molecular weight excluding hydrogens is 316 g/mol. The summed E-state index contributed by atoms with van der Waals surface area (Å²) < 4.78 is 0. The highest BCUT2D eigenvalue weighted by Crippen LogP contribution is 2.26. The van der Waals surface area contributed by atoms with E-state index in [0.29, 0.717) is 6.54 Å². The van der Waals surface area contributed by atoms with Crippen molar-refractivity contribution < 1.29 is 4.79 Å². The molecule has 0 saturated carbocycles. The van der Waals surface area contributed by atoms with E-state index < -0.39 is 0 Å². The van der Waals surface area contributed by atoms with Crippen molar-refractivity contribution in [3.8, 4) is 11.3 Å². The van der Waals surface area contributed by atoms with E-state index in [2.05, 4.69) is 30.2 Å². The highest BCUT2D eigenvalue weighted by atomic mass is 16.1. The lowest BCUT2D eigenvalue weighted by atomic mass is 10.1. The number of carbonyl (C=O) groups is 1. The van der Waals surface area contributed by atoms with Crippen LogP contribution in [0.3, 0.4) is 0 Å². The molecule has 128 valence electrons. The van der Waals surface area contributed by atoms with Crippen LogP contribution in [0, 0.1) is 0 Å². The van der Waals surface area contributed by atoms with Gasteiger partial charge in [-0.05, 0) is 31.5 Å². The first-order valence-corrected chi connectivity index (χ1v) is 8.43. The molecule has 1 aliphatic rings. The van der Waals surface area contributed by atoms with Crippen molar-refractivity contribution in [3.05, 3.63) is 36.8 Å². The minimum Gasteiger partial charge on any atom is -0.365 e. The maximum Gasteiger partial charge on any atom is 0.156 e. The van der Waals surface area contributed by atoms with Gasteiger partial charge in [-0.3, -0.25) is 9.69 Å². The Morgan fingerprint density at radius 2 is 2.32 bits per heavy atom. The number of anilines is 1. The summed E-state index contributed by atoms with van der Waals surface area (Å²) in [6.45, 7) is 3.92. The molecule has 1 saturated heterocycles. The number of H-pyrrole nitrogens is 1. The van der Waals surface area contributed by atoms with Crippen molar-refractivity contribution in [2.24, 2.45) is 0 Å². The number of ketones is 1. The van der Waals surface area contributed by atoms with Gasteiger partial charge in [0.2, 0.25) is 0 Å². The molecule has 0 aliphatic carbocycles. The number of nitrogens with zero attached hydrogens (tertiary/aromatic N) is 4. The summed E-state index contributed by atoms with van der Waals surface area (Å²) in [6, 6.07) is 6.09. The van der Waals surface area contributed by atoms with Crippen LogP contribution in [0.25, 0.3) is 22.4 Å². The van der Waals surface area contributed by atoms with Gasteiger partial charge in [-0.1, -0.05) is 0 Å². The second-order valence-electron chi connectivity index (χ2n) is 6.43. The number of nitrogens with one attached hydrogen (secondary N) is 2. The lowest BCUT2D eigenvalue weighted by Crippen LogP contribution is -2.30. The predicted molar refractivity (Wildman–Crippen MR) is 96.3 cm³/mol. The van der Waals surface area contributed by atoms with Gasteiger partial charge < -0.3 is 10.3 Å². The molecule has 0 amide bonds. The van der Waals surface area contributed by atoms with Crippen LogP contribution in [0.4, 0.5) is 5.82 Å². The maximum absolute atomic E-state index is 11.3. The van der Waals surface area contributed by atoms with Crippen molar-refractivity contribution in [2.45, 2.75) is 19.4 Å². The van der Waals surface area contributed by atoms with Crippen LogP contribution < -0.4 is 5.32 Å². The van der Waals surface area contributed by atoms with E-state index in [4.69, 9.17) is 0 Å². The second kappa shape index (κ2) is 6.60. The van der Waals surface area contributed by atoms with E-state index >= 15 is 0 Å². The second-order valence-corrected chi connectivity index (χ2v) is 6.43. The summed E-state index contributed by atoms with van der Waals surface area (Å²) >= 11 is 0. The Bertz CT molecular complexity index is 905. The molecule has 3 aromatic rings. The third-order valence-corrected chi connectivity index (χ3v) is 4.40. The van der Waals surface area contributed by atoms with Crippen LogP contribution in [0.1, 0.15) is 13.3 Å². The van der Waals surface area contributed by atoms with Gasteiger partial charge in [0, 0.05) is 37.1 Å². The molecular formula is C18H20N6O. The Morgan fingerprint density at radius 3 is 3.20 bits per heavy atom. The lowest BCUT2D eigenvalue weighted by molar-refractivity contribution is -0.117. The summed E-state index contributed by atoms with van der Waals surface area (Å²) in [5.41, 5.74) is 3.34. The first-order chi connectivity index (χ1) is 12.2. The third-order valence-electron chi connectivity index (χ3n) is 4.40. The van der Waals surface area contributed by atoms with Gasteiger partial charge in [0.15, 0.2) is 5.65 Å². The maximum atomic E-state index is 11.3. The summed E-state index contributed by atoms with van der Waals surface area (Å²) in [4.78, 5) is 30.1. The molecule has 4 rings (SSSR count). The summed E-state index contributed by atoms with van der Waals surface area (Å²) in [5.74, 6) is 1.01. The van der Waals surface area contributed by atoms with Gasteiger partial charge in [0.25, 0.3) is 0 Å². The molecule has 1 atom stereocenters. The molecule has 0 unspecified atom stereocenters. The van der Waals surface area contributed by atoms with Crippen molar-refractivity contribution in [1.29, 1.82) is 0 Å². The van der Waals surface area contributed by atoms with Crippen molar-refractivity contribution in [2.75, 3.05) is 25.0 Å². The Labute approximate surface area is 145 Å². The minimum atomic E-state index is 0.203. The van der Waals surface area contributed by atoms with Crippen molar-refractivity contribution in [3.63, 3.8) is 0 Å². The highest BCUT2D eigenvalue weighted by Gasteiger charge is 2.24. The molecule has 0 spiro atoms. The molecule has 0 bridgehead atoms.